The van der Waals surface area contributed by atoms with E-state index in [1.165, 1.54) is 0 Å². The number of hydrogen-bond acceptors (Lipinski definition) is 2. The Balaban J connectivity index is 2.36. The molecule has 1 aliphatic heterocycles. The Kier molecular flexibility index (Phi) is 3.24. The highest BCUT2D eigenvalue weighted by Crippen LogP contribution is 2.21. The summed E-state index contributed by atoms with van der Waals surface area (Å²) < 4.78 is 1.91. The van der Waals surface area contributed by atoms with Crippen molar-refractivity contribution in [2.45, 2.75) is 26.7 Å². The molecule has 0 radical (unpaired) electrons. The van der Waals surface area contributed by atoms with Gasteiger partial charge in [0.2, 0.25) is 5.91 Å². The fourth-order valence-corrected chi connectivity index (χ4v) is 2.21. The summed E-state index contributed by atoms with van der Waals surface area (Å²) in [6.07, 6.45) is 1.80. The van der Waals surface area contributed by atoms with Crippen LogP contribution in [0.15, 0.2) is 0 Å². The molecular weight excluding hydrogens is 158 g/mol. The van der Waals surface area contributed by atoms with Crippen LogP contribution in [0.1, 0.15) is 26.7 Å². The van der Waals surface area contributed by atoms with E-state index < -0.39 is 0 Å². The standard InChI is InChI=1S/C8H15NOS/c1-7(2)6-9-8(10)4-3-5-11-9/h7H,3-6H2,1-2H3. The molecule has 1 saturated heterocycles. The van der Waals surface area contributed by atoms with Crippen molar-refractivity contribution in [1.82, 2.24) is 4.31 Å². The van der Waals surface area contributed by atoms with Crippen molar-refractivity contribution < 1.29 is 4.79 Å². The molecule has 2 nitrogen and oxygen atoms in total. The molecule has 0 bridgehead atoms. The predicted molar refractivity (Wildman–Crippen MR) is 48.2 cm³/mol. The van der Waals surface area contributed by atoms with Crippen molar-refractivity contribution in [3.63, 3.8) is 0 Å². The van der Waals surface area contributed by atoms with Gasteiger partial charge in [-0.25, -0.2) is 0 Å². The van der Waals surface area contributed by atoms with Crippen LogP contribution < -0.4 is 0 Å². The number of carbonyl (C=O) groups is 1. The molecule has 0 saturated carbocycles. The van der Waals surface area contributed by atoms with Crippen molar-refractivity contribution in [3.05, 3.63) is 0 Å². The third kappa shape index (κ3) is 2.73. The van der Waals surface area contributed by atoms with Gasteiger partial charge < -0.3 is 0 Å². The Labute approximate surface area is 72.5 Å². The third-order valence-corrected chi connectivity index (χ3v) is 2.73. The van der Waals surface area contributed by atoms with Gasteiger partial charge in [-0.15, -0.1) is 0 Å². The van der Waals surface area contributed by atoms with Crippen molar-refractivity contribution in [1.29, 1.82) is 0 Å². The fraction of sp³-hybridized carbons (Fsp3) is 0.875. The average molecular weight is 173 g/mol. The fourth-order valence-electron chi connectivity index (χ4n) is 1.08. The quantitative estimate of drug-likeness (QED) is 0.595. The van der Waals surface area contributed by atoms with Crippen LogP contribution in [0.3, 0.4) is 0 Å². The Morgan fingerprint density at radius 1 is 1.64 bits per heavy atom. The van der Waals surface area contributed by atoms with Crippen molar-refractivity contribution in [2.24, 2.45) is 5.92 Å². The van der Waals surface area contributed by atoms with Gasteiger partial charge in [-0.1, -0.05) is 13.8 Å². The molecule has 1 rings (SSSR count). The molecule has 0 aliphatic carbocycles. The molecule has 0 aromatic carbocycles. The van der Waals surface area contributed by atoms with Gasteiger partial charge in [0.05, 0.1) is 0 Å². The van der Waals surface area contributed by atoms with Gasteiger partial charge in [0.25, 0.3) is 0 Å². The minimum absolute atomic E-state index is 0.315. The summed E-state index contributed by atoms with van der Waals surface area (Å²) in [6, 6.07) is 0. The van der Waals surface area contributed by atoms with Gasteiger partial charge in [0.15, 0.2) is 0 Å². The first-order valence-corrected chi connectivity index (χ1v) is 5.07. The van der Waals surface area contributed by atoms with E-state index in [2.05, 4.69) is 13.8 Å². The average Bonchev–Trinajstić information content (AvgIpc) is 1.93. The Morgan fingerprint density at radius 2 is 2.36 bits per heavy atom. The first kappa shape index (κ1) is 8.91. The van der Waals surface area contributed by atoms with Gasteiger partial charge in [-0.3, -0.25) is 9.10 Å². The van der Waals surface area contributed by atoms with E-state index in [0.29, 0.717) is 11.8 Å². The lowest BCUT2D eigenvalue weighted by Gasteiger charge is -2.26. The summed E-state index contributed by atoms with van der Waals surface area (Å²) in [5.41, 5.74) is 0. The molecule has 0 spiro atoms. The summed E-state index contributed by atoms with van der Waals surface area (Å²) in [5.74, 6) is 2.01. The second-order valence-corrected chi connectivity index (χ2v) is 4.39. The SMILES string of the molecule is CC(C)CN1SCCCC1=O. The normalized spacial score (nSPS) is 19.5. The van der Waals surface area contributed by atoms with Crippen LogP contribution in [0.5, 0.6) is 0 Å². The molecule has 11 heavy (non-hydrogen) atoms. The lowest BCUT2D eigenvalue weighted by atomic mass is 10.2. The minimum Gasteiger partial charge on any atom is -0.286 e. The number of hydrogen-bond donors (Lipinski definition) is 0. The van der Waals surface area contributed by atoms with Crippen molar-refractivity contribution in [3.8, 4) is 0 Å². The third-order valence-electron chi connectivity index (χ3n) is 1.59. The highest BCUT2D eigenvalue weighted by Gasteiger charge is 2.19. The predicted octanol–water partition coefficient (Wildman–Crippen LogP) is 1.91. The number of nitrogens with zero attached hydrogens (tertiary/aromatic N) is 1. The van der Waals surface area contributed by atoms with Crippen LogP contribution >= 0.6 is 11.9 Å². The molecule has 0 unspecified atom stereocenters. The van der Waals surface area contributed by atoms with Gasteiger partial charge in [-0.05, 0) is 24.3 Å². The Bertz CT molecular complexity index is 147. The second-order valence-electron chi connectivity index (χ2n) is 3.29. The van der Waals surface area contributed by atoms with Gasteiger partial charge in [0, 0.05) is 18.7 Å². The highest BCUT2D eigenvalue weighted by atomic mass is 32.2. The summed E-state index contributed by atoms with van der Waals surface area (Å²) in [4.78, 5) is 11.2. The Morgan fingerprint density at radius 3 is 2.91 bits per heavy atom. The van der Waals surface area contributed by atoms with E-state index in [-0.39, 0.29) is 0 Å². The molecular formula is C8H15NOS. The summed E-state index contributed by atoms with van der Waals surface area (Å²) in [6.45, 7) is 5.19. The highest BCUT2D eigenvalue weighted by molar-refractivity contribution is 7.97. The van der Waals surface area contributed by atoms with Crippen LogP contribution in [0.2, 0.25) is 0 Å². The smallest absolute Gasteiger partial charge is 0.232 e. The van der Waals surface area contributed by atoms with E-state index in [1.807, 2.05) is 4.31 Å². The molecule has 0 aromatic rings. The zero-order valence-corrected chi connectivity index (χ0v) is 7.99. The summed E-state index contributed by atoms with van der Waals surface area (Å²) in [7, 11) is 0. The molecule has 0 atom stereocenters. The van der Waals surface area contributed by atoms with Crippen molar-refractivity contribution >= 4 is 17.9 Å². The lowest BCUT2D eigenvalue weighted by molar-refractivity contribution is -0.126. The van der Waals surface area contributed by atoms with Crippen LogP contribution in [0, 0.1) is 5.92 Å². The number of amides is 1. The second kappa shape index (κ2) is 4.00. The largest absolute Gasteiger partial charge is 0.286 e. The first-order valence-electron chi connectivity index (χ1n) is 4.13. The van der Waals surface area contributed by atoms with Gasteiger partial charge in [-0.2, -0.15) is 0 Å². The molecule has 1 fully saturated rings. The van der Waals surface area contributed by atoms with E-state index in [1.54, 1.807) is 11.9 Å². The zero-order valence-electron chi connectivity index (χ0n) is 7.17. The van der Waals surface area contributed by atoms with Crippen molar-refractivity contribution in [2.75, 3.05) is 12.3 Å². The first-order chi connectivity index (χ1) is 5.20. The van der Waals surface area contributed by atoms with E-state index in [4.69, 9.17) is 0 Å². The maximum Gasteiger partial charge on any atom is 0.232 e. The minimum atomic E-state index is 0.315. The summed E-state index contributed by atoms with van der Waals surface area (Å²) in [5, 5.41) is 0. The maximum absolute atomic E-state index is 11.2. The molecule has 1 amide bonds. The monoisotopic (exact) mass is 173 g/mol. The van der Waals surface area contributed by atoms with Gasteiger partial charge >= 0.3 is 0 Å². The number of rotatable bonds is 2. The topological polar surface area (TPSA) is 20.3 Å². The molecule has 0 aromatic heterocycles. The van der Waals surface area contributed by atoms with Crippen LogP contribution in [-0.2, 0) is 4.79 Å². The van der Waals surface area contributed by atoms with Gasteiger partial charge in [0.1, 0.15) is 0 Å². The van der Waals surface area contributed by atoms with E-state index in [9.17, 15) is 4.79 Å². The van der Waals surface area contributed by atoms with E-state index >= 15 is 0 Å². The van der Waals surface area contributed by atoms with Crippen LogP contribution in [0.25, 0.3) is 0 Å². The lowest BCUT2D eigenvalue weighted by Crippen LogP contribution is -2.31. The molecule has 3 heteroatoms. The zero-order chi connectivity index (χ0) is 8.27. The molecule has 64 valence electrons. The molecule has 0 N–H and O–H groups in total. The molecule has 1 aliphatic rings. The number of carbonyl (C=O) groups excluding carboxylic acids is 1. The Hall–Kier alpha value is -0.180. The maximum atomic E-state index is 11.2. The van der Waals surface area contributed by atoms with Crippen LogP contribution in [0.4, 0.5) is 0 Å². The van der Waals surface area contributed by atoms with Crippen LogP contribution in [-0.4, -0.2) is 22.5 Å². The van der Waals surface area contributed by atoms with E-state index in [0.717, 1.165) is 25.1 Å². The molecule has 1 heterocycles. The summed E-state index contributed by atoms with van der Waals surface area (Å²) >= 11 is 1.68.